The summed E-state index contributed by atoms with van der Waals surface area (Å²) in [6, 6.07) is 1.54. The molecule has 5 heteroatoms. The molecular weight excluding hydrogens is 232 g/mol. The van der Waals surface area contributed by atoms with Gasteiger partial charge in [0.15, 0.2) is 5.75 Å². The molecule has 16 heavy (non-hydrogen) atoms. The Labute approximate surface area is 99.5 Å². The van der Waals surface area contributed by atoms with Gasteiger partial charge in [-0.05, 0) is 12.8 Å². The molecule has 0 radical (unpaired) electrons. The lowest BCUT2D eigenvalue weighted by Crippen LogP contribution is -2.10. The number of carbonyl (C=O) groups is 1. The number of carbonyl (C=O) groups excluding carboxylic acids is 1. The zero-order valence-corrected chi connectivity index (χ0v) is 9.74. The van der Waals surface area contributed by atoms with E-state index in [2.05, 4.69) is 0 Å². The molecule has 0 N–H and O–H groups in total. The first-order valence-corrected chi connectivity index (χ1v) is 5.79. The quantitative estimate of drug-likeness (QED) is 0.419. The molecule has 0 bridgehead atoms. The number of halogens is 1. The fourth-order valence-corrected chi connectivity index (χ4v) is 1.33. The molecule has 90 valence electrons. The summed E-state index contributed by atoms with van der Waals surface area (Å²) in [7, 11) is 0. The van der Waals surface area contributed by atoms with Crippen LogP contribution in [0, 0.1) is 0 Å². The van der Waals surface area contributed by atoms with Crippen LogP contribution in [0.1, 0.15) is 25.7 Å². The Bertz CT molecular complexity index is 284. The Morgan fingerprint density at radius 1 is 1.31 bits per heavy atom. The fourth-order valence-electron chi connectivity index (χ4n) is 1.14. The number of alkyl halides is 1. The Kier molecular flexibility index (Phi) is 6.49. The Morgan fingerprint density at radius 3 is 2.81 bits per heavy atom. The van der Waals surface area contributed by atoms with Crippen LogP contribution in [0.3, 0.4) is 0 Å². The summed E-state index contributed by atoms with van der Waals surface area (Å²) in [6.45, 7) is 0.374. The van der Waals surface area contributed by atoms with Gasteiger partial charge in [-0.2, -0.15) is 0 Å². The fraction of sp³-hybridized carbons (Fsp3) is 0.545. The number of rotatable bonds is 7. The molecule has 0 fully saturated rings. The van der Waals surface area contributed by atoms with Crippen molar-refractivity contribution in [3.05, 3.63) is 18.6 Å². The van der Waals surface area contributed by atoms with E-state index in [9.17, 15) is 4.79 Å². The van der Waals surface area contributed by atoms with E-state index < -0.39 is 6.16 Å². The molecule has 0 saturated heterocycles. The first kappa shape index (κ1) is 12.9. The third-order valence-corrected chi connectivity index (χ3v) is 2.21. The van der Waals surface area contributed by atoms with E-state index in [1.54, 1.807) is 6.07 Å². The molecule has 0 amide bonds. The highest BCUT2D eigenvalue weighted by Gasteiger charge is 2.05. The lowest BCUT2D eigenvalue weighted by Gasteiger charge is -2.03. The van der Waals surface area contributed by atoms with Crippen molar-refractivity contribution in [1.82, 2.24) is 0 Å². The van der Waals surface area contributed by atoms with Crippen molar-refractivity contribution in [3.8, 4) is 5.75 Å². The predicted molar refractivity (Wildman–Crippen MR) is 59.9 cm³/mol. The third kappa shape index (κ3) is 5.66. The summed E-state index contributed by atoms with van der Waals surface area (Å²) in [4.78, 5) is 11.1. The van der Waals surface area contributed by atoms with Crippen LogP contribution < -0.4 is 4.74 Å². The van der Waals surface area contributed by atoms with Crippen LogP contribution >= 0.6 is 11.6 Å². The van der Waals surface area contributed by atoms with E-state index in [0.717, 1.165) is 25.7 Å². The van der Waals surface area contributed by atoms with E-state index in [0.29, 0.717) is 18.2 Å². The van der Waals surface area contributed by atoms with Gasteiger partial charge in [-0.15, -0.1) is 11.6 Å². The van der Waals surface area contributed by atoms with E-state index in [-0.39, 0.29) is 0 Å². The molecule has 0 aromatic carbocycles. The Morgan fingerprint density at radius 2 is 2.12 bits per heavy atom. The van der Waals surface area contributed by atoms with Crippen molar-refractivity contribution >= 4 is 17.8 Å². The minimum atomic E-state index is -0.696. The summed E-state index contributed by atoms with van der Waals surface area (Å²) < 4.78 is 14.4. The molecule has 1 rings (SSSR count). The van der Waals surface area contributed by atoms with Gasteiger partial charge in [0, 0.05) is 11.9 Å². The molecular formula is C11H15ClO4. The topological polar surface area (TPSA) is 48.7 Å². The minimum Gasteiger partial charge on any atom is -0.469 e. The van der Waals surface area contributed by atoms with Crippen molar-refractivity contribution in [2.24, 2.45) is 0 Å². The van der Waals surface area contributed by atoms with E-state index in [4.69, 9.17) is 25.5 Å². The van der Waals surface area contributed by atoms with Gasteiger partial charge in [0.05, 0.1) is 12.9 Å². The minimum absolute atomic E-state index is 0.354. The highest BCUT2D eigenvalue weighted by molar-refractivity contribution is 6.17. The maximum atomic E-state index is 11.1. The molecule has 0 aliphatic heterocycles. The predicted octanol–water partition coefficient (Wildman–Crippen LogP) is 3.59. The van der Waals surface area contributed by atoms with Crippen LogP contribution in [0.25, 0.3) is 0 Å². The third-order valence-electron chi connectivity index (χ3n) is 1.94. The van der Waals surface area contributed by atoms with Gasteiger partial charge in [0.25, 0.3) is 0 Å². The van der Waals surface area contributed by atoms with Gasteiger partial charge >= 0.3 is 6.16 Å². The summed E-state index contributed by atoms with van der Waals surface area (Å²) in [5, 5.41) is 0. The number of hydrogen-bond acceptors (Lipinski definition) is 4. The molecule has 4 nitrogen and oxygen atoms in total. The first-order valence-electron chi connectivity index (χ1n) is 5.25. The molecule has 1 aromatic rings. The molecule has 0 aliphatic carbocycles. The van der Waals surface area contributed by atoms with Gasteiger partial charge in [-0.25, -0.2) is 4.79 Å². The summed E-state index contributed by atoms with van der Waals surface area (Å²) in [5.41, 5.74) is 0. The maximum Gasteiger partial charge on any atom is 0.513 e. The normalized spacial score (nSPS) is 10.1. The van der Waals surface area contributed by atoms with E-state index >= 15 is 0 Å². The van der Waals surface area contributed by atoms with E-state index in [1.165, 1.54) is 12.5 Å². The SMILES string of the molecule is O=C(OCCCCCCCl)Oc1ccoc1. The Balaban J connectivity index is 1.98. The molecule has 0 aliphatic rings. The highest BCUT2D eigenvalue weighted by Crippen LogP contribution is 2.10. The number of ether oxygens (including phenoxy) is 2. The van der Waals surface area contributed by atoms with Crippen molar-refractivity contribution in [3.63, 3.8) is 0 Å². The second-order valence-electron chi connectivity index (χ2n) is 3.26. The van der Waals surface area contributed by atoms with Crippen LogP contribution in [-0.4, -0.2) is 18.6 Å². The van der Waals surface area contributed by atoms with Crippen molar-refractivity contribution in [2.45, 2.75) is 25.7 Å². The van der Waals surface area contributed by atoms with E-state index in [1.807, 2.05) is 0 Å². The van der Waals surface area contributed by atoms with Crippen LogP contribution in [0.5, 0.6) is 5.75 Å². The average Bonchev–Trinajstić information content (AvgIpc) is 2.76. The summed E-state index contributed by atoms with van der Waals surface area (Å²) >= 11 is 5.53. The monoisotopic (exact) mass is 246 g/mol. The number of furan rings is 1. The molecule has 0 saturated carbocycles. The van der Waals surface area contributed by atoms with Gasteiger partial charge in [-0.3, -0.25) is 0 Å². The lowest BCUT2D eigenvalue weighted by atomic mass is 10.2. The van der Waals surface area contributed by atoms with Crippen LogP contribution in [0.15, 0.2) is 23.0 Å². The molecule has 0 unspecified atom stereocenters. The number of hydrogen-bond donors (Lipinski definition) is 0. The number of unbranched alkanes of at least 4 members (excludes halogenated alkanes) is 3. The first-order chi connectivity index (χ1) is 7.83. The zero-order chi connectivity index (χ0) is 11.6. The second kappa shape index (κ2) is 8.05. The van der Waals surface area contributed by atoms with Crippen LogP contribution in [0.4, 0.5) is 4.79 Å². The average molecular weight is 247 g/mol. The standard InChI is InChI=1S/C11H15ClO4/c12-6-3-1-2-4-7-15-11(13)16-10-5-8-14-9-10/h5,8-9H,1-4,6-7H2. The van der Waals surface area contributed by atoms with Crippen molar-refractivity contribution in [1.29, 1.82) is 0 Å². The maximum absolute atomic E-state index is 11.1. The Hall–Kier alpha value is -1.16. The summed E-state index contributed by atoms with van der Waals surface area (Å²) in [6.07, 6.45) is 5.96. The van der Waals surface area contributed by atoms with Crippen LogP contribution in [-0.2, 0) is 4.74 Å². The van der Waals surface area contributed by atoms with Crippen LogP contribution in [0.2, 0.25) is 0 Å². The molecule has 1 heterocycles. The van der Waals surface area contributed by atoms with Gasteiger partial charge in [-0.1, -0.05) is 12.8 Å². The largest absolute Gasteiger partial charge is 0.513 e. The zero-order valence-electron chi connectivity index (χ0n) is 8.99. The second-order valence-corrected chi connectivity index (χ2v) is 3.64. The molecule has 0 atom stereocenters. The lowest BCUT2D eigenvalue weighted by molar-refractivity contribution is 0.0971. The highest BCUT2D eigenvalue weighted by atomic mass is 35.5. The summed E-state index contributed by atoms with van der Waals surface area (Å²) in [5.74, 6) is 1.04. The van der Waals surface area contributed by atoms with Gasteiger partial charge in [0.2, 0.25) is 0 Å². The van der Waals surface area contributed by atoms with Crippen molar-refractivity contribution < 1.29 is 18.7 Å². The molecule has 0 spiro atoms. The van der Waals surface area contributed by atoms with Crippen molar-refractivity contribution in [2.75, 3.05) is 12.5 Å². The van der Waals surface area contributed by atoms with Gasteiger partial charge < -0.3 is 13.9 Å². The smallest absolute Gasteiger partial charge is 0.469 e. The van der Waals surface area contributed by atoms with Gasteiger partial charge in [0.1, 0.15) is 6.26 Å². The molecule has 1 aromatic heterocycles.